The summed E-state index contributed by atoms with van der Waals surface area (Å²) in [5.74, 6) is -0.0821. The molecule has 7 heteroatoms. The highest BCUT2D eigenvalue weighted by Gasteiger charge is 2.33. The molecule has 1 aliphatic rings. The summed E-state index contributed by atoms with van der Waals surface area (Å²) in [7, 11) is 1.61. The summed E-state index contributed by atoms with van der Waals surface area (Å²) >= 11 is 0. The first-order chi connectivity index (χ1) is 16.1. The third-order valence-corrected chi connectivity index (χ3v) is 6.00. The van der Waals surface area contributed by atoms with Gasteiger partial charge in [-0.05, 0) is 60.4 Å². The van der Waals surface area contributed by atoms with Gasteiger partial charge in [-0.2, -0.15) is 0 Å². The molecular weight excluding hydrogens is 414 g/mol. The van der Waals surface area contributed by atoms with Crippen molar-refractivity contribution in [1.82, 2.24) is 25.2 Å². The van der Waals surface area contributed by atoms with Gasteiger partial charge in [-0.15, -0.1) is 5.10 Å². The van der Waals surface area contributed by atoms with Crippen molar-refractivity contribution in [3.05, 3.63) is 95.1 Å². The second-order valence-corrected chi connectivity index (χ2v) is 8.37. The highest BCUT2D eigenvalue weighted by molar-refractivity contribution is 5.95. The van der Waals surface area contributed by atoms with Crippen LogP contribution in [0.25, 0.3) is 11.0 Å². The van der Waals surface area contributed by atoms with Crippen LogP contribution in [0, 0.1) is 0 Å². The Morgan fingerprint density at radius 3 is 2.30 bits per heavy atom. The first-order valence-electron chi connectivity index (χ1n) is 11.1. The van der Waals surface area contributed by atoms with Crippen molar-refractivity contribution in [3.63, 3.8) is 0 Å². The standard InChI is InChI=1S/C26H25N5O2/c1-27-25(32)20-10-6-18(7-11-20)16-30(22-14-15-22)26(33)21-12-8-19(9-13-21)17-31-24-5-3-2-4-23(24)28-29-31/h2-13,22H,14-17H2,1H3,(H,27,32). The zero-order valence-corrected chi connectivity index (χ0v) is 18.4. The number of benzene rings is 3. The average molecular weight is 440 g/mol. The van der Waals surface area contributed by atoms with E-state index >= 15 is 0 Å². The summed E-state index contributed by atoms with van der Waals surface area (Å²) in [6.07, 6.45) is 2.05. The lowest BCUT2D eigenvalue weighted by molar-refractivity contribution is 0.0729. The van der Waals surface area contributed by atoms with Crippen molar-refractivity contribution < 1.29 is 9.59 Å². The monoisotopic (exact) mass is 439 g/mol. The van der Waals surface area contributed by atoms with E-state index in [0.29, 0.717) is 24.2 Å². The average Bonchev–Trinajstić information content (AvgIpc) is 3.63. The zero-order valence-electron chi connectivity index (χ0n) is 18.4. The van der Waals surface area contributed by atoms with E-state index in [4.69, 9.17) is 0 Å². The number of rotatable bonds is 7. The van der Waals surface area contributed by atoms with Crippen LogP contribution in [-0.2, 0) is 13.1 Å². The summed E-state index contributed by atoms with van der Waals surface area (Å²) in [4.78, 5) is 27.0. The fraction of sp³-hybridized carbons (Fsp3) is 0.231. The Morgan fingerprint density at radius 1 is 0.939 bits per heavy atom. The first kappa shape index (κ1) is 20.9. The van der Waals surface area contributed by atoms with Crippen LogP contribution in [0.15, 0.2) is 72.8 Å². The third-order valence-electron chi connectivity index (χ3n) is 6.00. The van der Waals surface area contributed by atoms with Crippen LogP contribution >= 0.6 is 0 Å². The molecule has 166 valence electrons. The molecule has 1 aliphatic carbocycles. The van der Waals surface area contributed by atoms with E-state index in [-0.39, 0.29) is 17.9 Å². The van der Waals surface area contributed by atoms with Crippen LogP contribution in [0.3, 0.4) is 0 Å². The molecule has 4 aromatic rings. The van der Waals surface area contributed by atoms with Gasteiger partial charge in [0.1, 0.15) is 5.52 Å². The second kappa shape index (κ2) is 8.86. The van der Waals surface area contributed by atoms with Crippen LogP contribution in [-0.4, -0.2) is 44.8 Å². The van der Waals surface area contributed by atoms with Gasteiger partial charge in [-0.1, -0.05) is 41.6 Å². The summed E-state index contributed by atoms with van der Waals surface area (Å²) in [5.41, 5.74) is 5.22. The molecule has 0 unspecified atom stereocenters. The summed E-state index contributed by atoms with van der Waals surface area (Å²) in [5, 5.41) is 11.1. The maximum absolute atomic E-state index is 13.3. The van der Waals surface area contributed by atoms with E-state index in [1.807, 2.05) is 70.2 Å². The van der Waals surface area contributed by atoms with Gasteiger partial charge in [0, 0.05) is 30.8 Å². The Kier molecular flexibility index (Phi) is 5.60. The first-order valence-corrected chi connectivity index (χ1v) is 11.1. The normalized spacial score (nSPS) is 13.1. The maximum Gasteiger partial charge on any atom is 0.254 e. The number of carbonyl (C=O) groups is 2. The van der Waals surface area contributed by atoms with Gasteiger partial charge < -0.3 is 10.2 Å². The lowest BCUT2D eigenvalue weighted by Gasteiger charge is -2.23. The Hall–Kier alpha value is -4.00. The smallest absolute Gasteiger partial charge is 0.254 e. The number of hydrogen-bond donors (Lipinski definition) is 1. The van der Waals surface area contributed by atoms with Gasteiger partial charge >= 0.3 is 0 Å². The minimum Gasteiger partial charge on any atom is -0.355 e. The van der Waals surface area contributed by atoms with Crippen molar-refractivity contribution in [1.29, 1.82) is 0 Å². The molecule has 0 saturated heterocycles. The largest absolute Gasteiger partial charge is 0.355 e. The second-order valence-electron chi connectivity index (χ2n) is 8.37. The Balaban J connectivity index is 1.29. The molecular formula is C26H25N5O2. The van der Waals surface area contributed by atoms with Crippen molar-refractivity contribution in [3.8, 4) is 0 Å². The fourth-order valence-electron chi connectivity index (χ4n) is 3.98. The predicted octanol–water partition coefficient (Wildman–Crippen LogP) is 3.64. The van der Waals surface area contributed by atoms with Gasteiger partial charge in [-0.25, -0.2) is 4.68 Å². The van der Waals surface area contributed by atoms with Crippen LogP contribution < -0.4 is 5.32 Å². The number of fused-ring (bicyclic) bond motifs is 1. The van der Waals surface area contributed by atoms with Crippen molar-refractivity contribution in [2.45, 2.75) is 32.0 Å². The molecule has 0 atom stereocenters. The predicted molar refractivity (Wildman–Crippen MR) is 126 cm³/mol. The topological polar surface area (TPSA) is 80.1 Å². The van der Waals surface area contributed by atoms with Crippen LogP contribution in [0.5, 0.6) is 0 Å². The highest BCUT2D eigenvalue weighted by Crippen LogP contribution is 2.30. The molecule has 5 rings (SSSR count). The summed E-state index contributed by atoms with van der Waals surface area (Å²) in [6.45, 7) is 1.13. The lowest BCUT2D eigenvalue weighted by Crippen LogP contribution is -2.32. The molecule has 7 nitrogen and oxygen atoms in total. The number of nitrogens with one attached hydrogen (secondary N) is 1. The zero-order chi connectivity index (χ0) is 22.8. The molecule has 1 fully saturated rings. The molecule has 3 aromatic carbocycles. The minimum atomic E-state index is -0.115. The molecule has 0 aliphatic heterocycles. The van der Waals surface area contributed by atoms with Crippen LogP contribution in [0.1, 0.15) is 44.7 Å². The Morgan fingerprint density at radius 2 is 1.61 bits per heavy atom. The van der Waals surface area contributed by atoms with Gasteiger partial charge in [0.25, 0.3) is 11.8 Å². The molecule has 1 N–H and O–H groups in total. The fourth-order valence-corrected chi connectivity index (χ4v) is 3.98. The van der Waals surface area contributed by atoms with Gasteiger partial charge in [-0.3, -0.25) is 9.59 Å². The van der Waals surface area contributed by atoms with Gasteiger partial charge in [0.15, 0.2) is 0 Å². The van der Waals surface area contributed by atoms with E-state index in [1.165, 1.54) is 0 Å². The van der Waals surface area contributed by atoms with Gasteiger partial charge in [0.05, 0.1) is 12.1 Å². The SMILES string of the molecule is CNC(=O)c1ccc(CN(C(=O)c2ccc(Cn3nnc4ccccc43)cc2)C2CC2)cc1. The molecule has 1 heterocycles. The van der Waals surface area contributed by atoms with E-state index < -0.39 is 0 Å². The van der Waals surface area contributed by atoms with Gasteiger partial charge in [0.2, 0.25) is 0 Å². The molecule has 2 amide bonds. The van der Waals surface area contributed by atoms with E-state index in [2.05, 4.69) is 15.6 Å². The molecule has 1 aromatic heterocycles. The number of amides is 2. The molecule has 33 heavy (non-hydrogen) atoms. The summed E-state index contributed by atoms with van der Waals surface area (Å²) in [6, 6.07) is 23.3. The van der Waals surface area contributed by atoms with E-state index in [9.17, 15) is 9.59 Å². The van der Waals surface area contributed by atoms with E-state index in [1.54, 1.807) is 19.2 Å². The van der Waals surface area contributed by atoms with E-state index in [0.717, 1.165) is 35.0 Å². The highest BCUT2D eigenvalue weighted by atomic mass is 16.2. The summed E-state index contributed by atoms with van der Waals surface area (Å²) < 4.78 is 1.87. The molecule has 0 radical (unpaired) electrons. The molecule has 0 spiro atoms. The number of nitrogens with zero attached hydrogens (tertiary/aromatic N) is 4. The van der Waals surface area contributed by atoms with Crippen LogP contribution in [0.4, 0.5) is 0 Å². The number of para-hydroxylation sites is 1. The van der Waals surface area contributed by atoms with Crippen molar-refractivity contribution >= 4 is 22.8 Å². The lowest BCUT2D eigenvalue weighted by atomic mass is 10.1. The molecule has 1 saturated carbocycles. The Labute approximate surface area is 192 Å². The third kappa shape index (κ3) is 4.48. The molecule has 0 bridgehead atoms. The number of aromatic nitrogens is 3. The minimum absolute atomic E-state index is 0.0330. The number of hydrogen-bond acceptors (Lipinski definition) is 4. The van der Waals surface area contributed by atoms with Crippen molar-refractivity contribution in [2.24, 2.45) is 0 Å². The Bertz CT molecular complexity index is 1290. The van der Waals surface area contributed by atoms with Crippen LogP contribution in [0.2, 0.25) is 0 Å². The quantitative estimate of drug-likeness (QED) is 0.477. The maximum atomic E-state index is 13.3. The van der Waals surface area contributed by atoms with Crippen molar-refractivity contribution in [2.75, 3.05) is 7.05 Å². The number of carbonyl (C=O) groups excluding carboxylic acids is 2.